The van der Waals surface area contributed by atoms with E-state index in [1.165, 1.54) is 48.5 Å². The molecule has 2 unspecified atom stereocenters. The maximum atomic E-state index is 13.2. The molecule has 0 bridgehead atoms. The molecular weight excluding hydrogens is 446 g/mol. The van der Waals surface area contributed by atoms with Crippen LogP contribution in [0.3, 0.4) is 0 Å². The van der Waals surface area contributed by atoms with Crippen LogP contribution < -0.4 is 9.80 Å². The van der Waals surface area contributed by atoms with Crippen LogP contribution in [-0.4, -0.2) is 71.7 Å². The van der Waals surface area contributed by atoms with Crippen molar-refractivity contribution in [2.24, 2.45) is 0 Å². The molecule has 3 saturated heterocycles. The van der Waals surface area contributed by atoms with Crippen LogP contribution in [0, 0.1) is 11.6 Å². The maximum Gasteiger partial charge on any atom is 0.251 e. The van der Waals surface area contributed by atoms with Crippen LogP contribution in [0.1, 0.15) is 12.8 Å². The first-order valence-corrected chi connectivity index (χ1v) is 11.1. The third kappa shape index (κ3) is 3.88. The van der Waals surface area contributed by atoms with Crippen molar-refractivity contribution in [3.63, 3.8) is 0 Å². The van der Waals surface area contributed by atoms with E-state index in [1.54, 1.807) is 0 Å². The van der Waals surface area contributed by atoms with E-state index in [4.69, 9.17) is 0 Å². The third-order valence-electron chi connectivity index (χ3n) is 6.65. The van der Waals surface area contributed by atoms with E-state index >= 15 is 0 Å². The first-order valence-electron chi connectivity index (χ1n) is 11.1. The molecular formula is C24H22F2N4O4. The summed E-state index contributed by atoms with van der Waals surface area (Å²) in [6, 6.07) is 9.21. The highest BCUT2D eigenvalue weighted by Gasteiger charge is 2.46. The van der Waals surface area contributed by atoms with Gasteiger partial charge in [0.25, 0.3) is 11.8 Å². The predicted octanol–water partition coefficient (Wildman–Crippen LogP) is 1.55. The Bertz CT molecular complexity index is 1060. The number of anilines is 2. The lowest BCUT2D eigenvalue weighted by molar-refractivity contribution is -0.126. The Morgan fingerprint density at radius 2 is 0.882 bits per heavy atom. The zero-order valence-electron chi connectivity index (χ0n) is 18.2. The first kappa shape index (κ1) is 22.3. The average Bonchev–Trinajstić information content (AvgIpc) is 3.29. The van der Waals surface area contributed by atoms with Crippen LogP contribution in [0.2, 0.25) is 0 Å². The van der Waals surface area contributed by atoms with Gasteiger partial charge in [0.05, 0.1) is 36.3 Å². The zero-order valence-corrected chi connectivity index (χ0v) is 18.2. The van der Waals surface area contributed by atoms with Crippen LogP contribution in [-0.2, 0) is 19.2 Å². The number of piperazine rings is 1. The van der Waals surface area contributed by atoms with E-state index in [1.807, 2.05) is 9.80 Å². The summed E-state index contributed by atoms with van der Waals surface area (Å²) in [6.07, 6.45) is 0.0742. The molecule has 2 atom stereocenters. The Labute approximate surface area is 194 Å². The van der Waals surface area contributed by atoms with E-state index in [-0.39, 0.29) is 36.5 Å². The highest BCUT2D eigenvalue weighted by Crippen LogP contribution is 2.29. The zero-order chi connectivity index (χ0) is 24.0. The average molecular weight is 468 g/mol. The molecule has 2 aromatic carbocycles. The van der Waals surface area contributed by atoms with E-state index in [9.17, 15) is 28.0 Å². The molecule has 0 saturated carbocycles. The number of hydrogen-bond acceptors (Lipinski definition) is 6. The van der Waals surface area contributed by atoms with Crippen LogP contribution in [0.4, 0.5) is 20.2 Å². The molecule has 3 fully saturated rings. The molecule has 10 heteroatoms. The molecule has 34 heavy (non-hydrogen) atoms. The van der Waals surface area contributed by atoms with Gasteiger partial charge in [0.2, 0.25) is 11.8 Å². The van der Waals surface area contributed by atoms with E-state index < -0.39 is 23.7 Å². The molecule has 176 valence electrons. The molecule has 0 radical (unpaired) electrons. The van der Waals surface area contributed by atoms with Crippen molar-refractivity contribution in [1.29, 1.82) is 0 Å². The standard InChI is InChI=1S/C24H22F2N4O4/c25-15-1-5-17(6-2-15)29-21(31)13-19(23(29)33)27-9-11-28(12-10-27)20-14-22(32)30(24(20)34)18-7-3-16(26)4-8-18/h1-8,19-20H,9-14H2. The smallest absolute Gasteiger partial charge is 0.251 e. The van der Waals surface area contributed by atoms with Crippen LogP contribution >= 0.6 is 0 Å². The van der Waals surface area contributed by atoms with Gasteiger partial charge >= 0.3 is 0 Å². The molecule has 0 aromatic heterocycles. The summed E-state index contributed by atoms with van der Waals surface area (Å²) < 4.78 is 26.4. The summed E-state index contributed by atoms with van der Waals surface area (Å²) in [5, 5.41) is 0. The van der Waals surface area contributed by atoms with E-state index in [0.717, 1.165) is 9.80 Å². The number of carbonyl (C=O) groups excluding carboxylic acids is 4. The number of nitrogens with zero attached hydrogens (tertiary/aromatic N) is 4. The van der Waals surface area contributed by atoms with Crippen molar-refractivity contribution in [2.75, 3.05) is 36.0 Å². The summed E-state index contributed by atoms with van der Waals surface area (Å²) in [5.74, 6) is -2.27. The fourth-order valence-corrected chi connectivity index (χ4v) is 4.89. The second-order valence-corrected chi connectivity index (χ2v) is 8.60. The highest BCUT2D eigenvalue weighted by atomic mass is 19.1. The normalized spacial score (nSPS) is 24.5. The van der Waals surface area contributed by atoms with Crippen molar-refractivity contribution in [2.45, 2.75) is 24.9 Å². The molecule has 2 aromatic rings. The van der Waals surface area contributed by atoms with Gasteiger partial charge in [-0.2, -0.15) is 0 Å². The number of rotatable bonds is 4. The van der Waals surface area contributed by atoms with E-state index in [0.29, 0.717) is 37.6 Å². The maximum absolute atomic E-state index is 13.2. The lowest BCUT2D eigenvalue weighted by Gasteiger charge is -2.38. The van der Waals surface area contributed by atoms with Gasteiger partial charge < -0.3 is 0 Å². The van der Waals surface area contributed by atoms with Crippen molar-refractivity contribution < 1.29 is 28.0 Å². The van der Waals surface area contributed by atoms with E-state index in [2.05, 4.69) is 0 Å². The Morgan fingerprint density at radius 1 is 0.559 bits per heavy atom. The van der Waals surface area contributed by atoms with Crippen LogP contribution in [0.5, 0.6) is 0 Å². The Kier molecular flexibility index (Phi) is 5.70. The number of hydrogen-bond donors (Lipinski definition) is 0. The second-order valence-electron chi connectivity index (χ2n) is 8.60. The molecule has 0 aliphatic carbocycles. The first-order chi connectivity index (χ1) is 16.3. The topological polar surface area (TPSA) is 81.2 Å². The monoisotopic (exact) mass is 468 g/mol. The van der Waals surface area contributed by atoms with Crippen LogP contribution in [0.25, 0.3) is 0 Å². The molecule has 8 nitrogen and oxygen atoms in total. The van der Waals surface area contributed by atoms with Crippen molar-refractivity contribution in [1.82, 2.24) is 9.80 Å². The van der Waals surface area contributed by atoms with Gasteiger partial charge in [0.1, 0.15) is 11.6 Å². The Morgan fingerprint density at radius 3 is 1.21 bits per heavy atom. The highest BCUT2D eigenvalue weighted by molar-refractivity contribution is 6.23. The minimum Gasteiger partial charge on any atom is -0.289 e. The summed E-state index contributed by atoms with van der Waals surface area (Å²) in [7, 11) is 0. The molecule has 3 aliphatic heterocycles. The number of benzene rings is 2. The SMILES string of the molecule is O=C1CC(N2CCN(C3CC(=O)N(c4ccc(F)cc4)C3=O)CC2)C(=O)N1c1ccc(F)cc1. The number of amides is 4. The molecule has 3 aliphatic rings. The van der Waals surface area contributed by atoms with Gasteiger partial charge in [-0.3, -0.25) is 29.0 Å². The minimum absolute atomic E-state index is 0.0371. The summed E-state index contributed by atoms with van der Waals surface area (Å²) in [6.45, 7) is 1.82. The van der Waals surface area contributed by atoms with Gasteiger partial charge in [-0.15, -0.1) is 0 Å². The second kappa shape index (κ2) is 8.69. The van der Waals surface area contributed by atoms with Crippen molar-refractivity contribution in [3.05, 3.63) is 60.2 Å². The molecule has 4 amide bonds. The molecule has 5 rings (SSSR count). The summed E-state index contributed by atoms with van der Waals surface area (Å²) in [5.41, 5.74) is 0.682. The van der Waals surface area contributed by atoms with Crippen molar-refractivity contribution in [3.8, 4) is 0 Å². The predicted molar refractivity (Wildman–Crippen MR) is 118 cm³/mol. The van der Waals surface area contributed by atoms with Crippen LogP contribution in [0.15, 0.2) is 48.5 Å². The fraction of sp³-hybridized carbons (Fsp3) is 0.333. The van der Waals surface area contributed by atoms with Crippen molar-refractivity contribution >= 4 is 35.0 Å². The lowest BCUT2D eigenvalue weighted by Crippen LogP contribution is -2.56. The quantitative estimate of drug-likeness (QED) is 0.634. The van der Waals surface area contributed by atoms with Gasteiger partial charge in [-0.25, -0.2) is 18.6 Å². The minimum atomic E-state index is -0.615. The fourth-order valence-electron chi connectivity index (χ4n) is 4.89. The Balaban J connectivity index is 1.23. The largest absolute Gasteiger partial charge is 0.289 e. The number of carbonyl (C=O) groups is 4. The lowest BCUT2D eigenvalue weighted by atomic mass is 10.1. The molecule has 0 N–H and O–H groups in total. The molecule has 0 spiro atoms. The summed E-state index contributed by atoms with van der Waals surface area (Å²) in [4.78, 5) is 57.0. The third-order valence-corrected chi connectivity index (χ3v) is 6.65. The van der Waals surface area contributed by atoms with Gasteiger partial charge in [-0.05, 0) is 48.5 Å². The number of halogens is 2. The summed E-state index contributed by atoms with van der Waals surface area (Å²) >= 11 is 0. The Hall–Kier alpha value is -3.50. The number of imide groups is 2. The van der Waals surface area contributed by atoms with Gasteiger partial charge in [0.15, 0.2) is 0 Å². The van der Waals surface area contributed by atoms with Gasteiger partial charge in [0, 0.05) is 26.2 Å². The molecule has 3 heterocycles. The van der Waals surface area contributed by atoms with Gasteiger partial charge in [-0.1, -0.05) is 0 Å².